The number of aryl methyl sites for hydroxylation is 1. The molecule has 1 atom stereocenters. The first kappa shape index (κ1) is 15.4. The van der Waals surface area contributed by atoms with Crippen molar-refractivity contribution in [3.8, 4) is 0 Å². The normalized spacial score (nSPS) is 18.2. The van der Waals surface area contributed by atoms with Gasteiger partial charge in [-0.25, -0.2) is 8.78 Å². The highest BCUT2D eigenvalue weighted by Gasteiger charge is 2.27. The summed E-state index contributed by atoms with van der Waals surface area (Å²) in [7, 11) is 0. The Morgan fingerprint density at radius 2 is 1.95 bits per heavy atom. The summed E-state index contributed by atoms with van der Waals surface area (Å²) >= 11 is 0. The average molecular weight is 283 g/mol. The van der Waals surface area contributed by atoms with E-state index in [1.807, 2.05) is 0 Å². The van der Waals surface area contributed by atoms with Gasteiger partial charge < -0.3 is 10.1 Å². The standard InChI is InChI=1S/C16H23F2NO/c1-3-6-19-16(12-4-7-20-8-5-12)13-10-14(17)11(2)9-15(13)18/h9-10,12,16,19H,3-8H2,1-2H3. The molecule has 0 saturated carbocycles. The molecule has 1 heterocycles. The summed E-state index contributed by atoms with van der Waals surface area (Å²) in [5.74, 6) is -0.354. The van der Waals surface area contributed by atoms with E-state index < -0.39 is 0 Å². The zero-order valence-electron chi connectivity index (χ0n) is 12.2. The van der Waals surface area contributed by atoms with Gasteiger partial charge in [-0.05, 0) is 56.3 Å². The highest BCUT2D eigenvalue weighted by atomic mass is 19.1. The molecule has 0 aliphatic carbocycles. The second kappa shape index (κ2) is 7.14. The van der Waals surface area contributed by atoms with E-state index in [1.165, 1.54) is 12.1 Å². The Kier molecular flexibility index (Phi) is 5.49. The molecule has 1 N–H and O–H groups in total. The van der Waals surface area contributed by atoms with Crippen LogP contribution in [0.2, 0.25) is 0 Å². The lowest BCUT2D eigenvalue weighted by molar-refractivity contribution is 0.0531. The van der Waals surface area contributed by atoms with Crippen molar-refractivity contribution in [3.05, 3.63) is 34.9 Å². The van der Waals surface area contributed by atoms with Crippen molar-refractivity contribution in [1.82, 2.24) is 5.32 Å². The lowest BCUT2D eigenvalue weighted by Gasteiger charge is -2.31. The zero-order valence-corrected chi connectivity index (χ0v) is 12.2. The number of rotatable bonds is 5. The molecule has 4 heteroatoms. The topological polar surface area (TPSA) is 21.3 Å². The van der Waals surface area contributed by atoms with Gasteiger partial charge >= 0.3 is 0 Å². The molecule has 1 fully saturated rings. The Balaban J connectivity index is 2.27. The molecule has 0 aromatic heterocycles. The van der Waals surface area contributed by atoms with Crippen molar-refractivity contribution in [2.24, 2.45) is 5.92 Å². The van der Waals surface area contributed by atoms with E-state index in [9.17, 15) is 8.78 Å². The third-order valence-electron chi connectivity index (χ3n) is 3.96. The summed E-state index contributed by atoms with van der Waals surface area (Å²) in [5, 5.41) is 3.38. The molecule has 1 unspecified atom stereocenters. The van der Waals surface area contributed by atoms with E-state index in [-0.39, 0.29) is 17.7 Å². The van der Waals surface area contributed by atoms with Crippen LogP contribution in [0.5, 0.6) is 0 Å². The lowest BCUT2D eigenvalue weighted by Crippen LogP contribution is -2.33. The molecule has 2 nitrogen and oxygen atoms in total. The Bertz CT molecular complexity index is 444. The molecule has 1 saturated heterocycles. The summed E-state index contributed by atoms with van der Waals surface area (Å²) < 4.78 is 33.4. The molecular formula is C16H23F2NO. The largest absolute Gasteiger partial charge is 0.381 e. The summed E-state index contributed by atoms with van der Waals surface area (Å²) in [5.41, 5.74) is 0.806. The van der Waals surface area contributed by atoms with Crippen molar-refractivity contribution in [2.75, 3.05) is 19.8 Å². The minimum absolute atomic E-state index is 0.131. The van der Waals surface area contributed by atoms with Gasteiger partial charge in [0, 0.05) is 24.8 Å². The Labute approximate surface area is 119 Å². The first-order valence-corrected chi connectivity index (χ1v) is 7.40. The number of benzene rings is 1. The Hall–Kier alpha value is -1.00. The maximum atomic E-state index is 14.2. The fraction of sp³-hybridized carbons (Fsp3) is 0.625. The molecule has 1 aliphatic rings. The van der Waals surface area contributed by atoms with Crippen LogP contribution in [-0.4, -0.2) is 19.8 Å². The summed E-state index contributed by atoms with van der Waals surface area (Å²) in [6.45, 7) is 5.86. The van der Waals surface area contributed by atoms with E-state index in [1.54, 1.807) is 6.92 Å². The van der Waals surface area contributed by atoms with Crippen LogP contribution in [0.4, 0.5) is 8.78 Å². The van der Waals surface area contributed by atoms with E-state index in [2.05, 4.69) is 12.2 Å². The van der Waals surface area contributed by atoms with Gasteiger partial charge in [0.15, 0.2) is 0 Å². The fourth-order valence-corrected chi connectivity index (χ4v) is 2.78. The molecule has 1 aromatic rings. The van der Waals surface area contributed by atoms with Crippen LogP contribution in [0.25, 0.3) is 0 Å². The molecule has 20 heavy (non-hydrogen) atoms. The molecular weight excluding hydrogens is 260 g/mol. The van der Waals surface area contributed by atoms with Gasteiger partial charge in [-0.15, -0.1) is 0 Å². The number of hydrogen-bond acceptors (Lipinski definition) is 2. The number of nitrogens with one attached hydrogen (secondary N) is 1. The van der Waals surface area contributed by atoms with E-state index in [0.29, 0.717) is 30.3 Å². The molecule has 0 bridgehead atoms. The van der Waals surface area contributed by atoms with Gasteiger partial charge in [0.05, 0.1) is 0 Å². The predicted octanol–water partition coefficient (Wildman–Crippen LogP) is 3.74. The molecule has 0 spiro atoms. The van der Waals surface area contributed by atoms with Crippen LogP contribution in [0, 0.1) is 24.5 Å². The minimum atomic E-state index is -0.336. The minimum Gasteiger partial charge on any atom is -0.381 e. The number of halogens is 2. The van der Waals surface area contributed by atoms with Crippen molar-refractivity contribution in [3.63, 3.8) is 0 Å². The van der Waals surface area contributed by atoms with Gasteiger partial charge in [0.2, 0.25) is 0 Å². The van der Waals surface area contributed by atoms with Crippen LogP contribution >= 0.6 is 0 Å². The monoisotopic (exact) mass is 283 g/mol. The molecule has 0 radical (unpaired) electrons. The average Bonchev–Trinajstić information content (AvgIpc) is 2.45. The Morgan fingerprint density at radius 3 is 2.60 bits per heavy atom. The first-order valence-electron chi connectivity index (χ1n) is 7.40. The second-order valence-electron chi connectivity index (χ2n) is 5.50. The number of hydrogen-bond donors (Lipinski definition) is 1. The van der Waals surface area contributed by atoms with Crippen LogP contribution in [-0.2, 0) is 4.74 Å². The molecule has 2 rings (SSSR count). The summed E-state index contributed by atoms with van der Waals surface area (Å²) in [6.07, 6.45) is 2.74. The Morgan fingerprint density at radius 1 is 1.25 bits per heavy atom. The third kappa shape index (κ3) is 3.55. The predicted molar refractivity (Wildman–Crippen MR) is 75.7 cm³/mol. The van der Waals surface area contributed by atoms with E-state index in [0.717, 1.165) is 25.8 Å². The molecule has 0 amide bonds. The van der Waals surface area contributed by atoms with Crippen molar-refractivity contribution >= 4 is 0 Å². The lowest BCUT2D eigenvalue weighted by atomic mass is 9.86. The summed E-state index contributed by atoms with van der Waals surface area (Å²) in [4.78, 5) is 0. The van der Waals surface area contributed by atoms with Crippen molar-refractivity contribution in [1.29, 1.82) is 0 Å². The van der Waals surface area contributed by atoms with Gasteiger partial charge in [0.1, 0.15) is 11.6 Å². The van der Waals surface area contributed by atoms with Crippen molar-refractivity contribution < 1.29 is 13.5 Å². The smallest absolute Gasteiger partial charge is 0.128 e. The summed E-state index contributed by atoms with van der Waals surface area (Å²) in [6, 6.07) is 2.52. The van der Waals surface area contributed by atoms with Crippen LogP contribution < -0.4 is 5.32 Å². The quantitative estimate of drug-likeness (QED) is 0.889. The van der Waals surface area contributed by atoms with Crippen LogP contribution in [0.3, 0.4) is 0 Å². The fourth-order valence-electron chi connectivity index (χ4n) is 2.78. The zero-order chi connectivity index (χ0) is 14.5. The molecule has 112 valence electrons. The van der Waals surface area contributed by atoms with E-state index >= 15 is 0 Å². The van der Waals surface area contributed by atoms with Gasteiger partial charge in [0.25, 0.3) is 0 Å². The molecule has 1 aromatic carbocycles. The van der Waals surface area contributed by atoms with Gasteiger partial charge in [-0.1, -0.05) is 6.92 Å². The maximum Gasteiger partial charge on any atom is 0.128 e. The highest BCUT2D eigenvalue weighted by Crippen LogP contribution is 2.32. The number of ether oxygens (including phenoxy) is 1. The highest BCUT2D eigenvalue weighted by molar-refractivity contribution is 5.28. The maximum absolute atomic E-state index is 14.2. The second-order valence-corrected chi connectivity index (χ2v) is 5.50. The van der Waals surface area contributed by atoms with Crippen molar-refractivity contribution in [2.45, 2.75) is 39.2 Å². The third-order valence-corrected chi connectivity index (χ3v) is 3.96. The first-order chi connectivity index (χ1) is 9.63. The van der Waals surface area contributed by atoms with Gasteiger partial charge in [-0.3, -0.25) is 0 Å². The molecule has 1 aliphatic heterocycles. The van der Waals surface area contributed by atoms with Gasteiger partial charge in [-0.2, -0.15) is 0 Å². The van der Waals surface area contributed by atoms with Crippen LogP contribution in [0.15, 0.2) is 12.1 Å². The van der Waals surface area contributed by atoms with Crippen LogP contribution in [0.1, 0.15) is 43.4 Å². The van der Waals surface area contributed by atoms with E-state index in [4.69, 9.17) is 4.74 Å². The SMILES string of the molecule is CCCNC(c1cc(F)c(C)cc1F)C1CCOCC1.